The molecule has 0 radical (unpaired) electrons. The lowest BCUT2D eigenvalue weighted by atomic mass is 9.78. The molecule has 0 aliphatic carbocycles. The van der Waals surface area contributed by atoms with Gasteiger partial charge in [0.15, 0.2) is 0 Å². The van der Waals surface area contributed by atoms with Crippen molar-refractivity contribution in [2.24, 2.45) is 0 Å². The molecule has 0 bridgehead atoms. The summed E-state index contributed by atoms with van der Waals surface area (Å²) >= 11 is 0. The molecule has 2 heterocycles. The first-order chi connectivity index (χ1) is 7.77. The summed E-state index contributed by atoms with van der Waals surface area (Å²) in [4.78, 5) is 3.91. The molecule has 1 aromatic rings. The van der Waals surface area contributed by atoms with Gasteiger partial charge in [0.2, 0.25) is 6.41 Å². The lowest BCUT2D eigenvalue weighted by Gasteiger charge is -2.13. The van der Waals surface area contributed by atoms with Gasteiger partial charge >= 0.3 is 7.12 Å². The second-order valence-electron chi connectivity index (χ2n) is 3.42. The SMILES string of the molecule is OB(O)c1ccncc1COC1NCCO1. The highest BCUT2D eigenvalue weighted by atomic mass is 16.7. The van der Waals surface area contributed by atoms with Crippen molar-refractivity contribution < 1.29 is 19.5 Å². The van der Waals surface area contributed by atoms with Gasteiger partial charge in [-0.2, -0.15) is 0 Å². The van der Waals surface area contributed by atoms with Gasteiger partial charge in [0.05, 0.1) is 13.2 Å². The molecule has 3 N–H and O–H groups in total. The summed E-state index contributed by atoms with van der Waals surface area (Å²) in [6.45, 7) is 1.60. The molecule has 1 atom stereocenters. The Balaban J connectivity index is 1.97. The molecular weight excluding hydrogens is 211 g/mol. The molecule has 1 aliphatic heterocycles. The zero-order valence-electron chi connectivity index (χ0n) is 8.67. The van der Waals surface area contributed by atoms with Gasteiger partial charge in [-0.25, -0.2) is 0 Å². The minimum Gasteiger partial charge on any atom is -0.423 e. The topological polar surface area (TPSA) is 83.8 Å². The summed E-state index contributed by atoms with van der Waals surface area (Å²) < 4.78 is 10.6. The van der Waals surface area contributed by atoms with E-state index < -0.39 is 13.5 Å². The van der Waals surface area contributed by atoms with Crippen LogP contribution in [0.3, 0.4) is 0 Å². The molecule has 7 heteroatoms. The lowest BCUT2D eigenvalue weighted by molar-refractivity contribution is -0.130. The van der Waals surface area contributed by atoms with Crippen molar-refractivity contribution in [2.75, 3.05) is 13.2 Å². The van der Waals surface area contributed by atoms with Gasteiger partial charge in [-0.05, 0) is 17.1 Å². The van der Waals surface area contributed by atoms with Crippen molar-refractivity contribution in [1.29, 1.82) is 0 Å². The highest BCUT2D eigenvalue weighted by Gasteiger charge is 2.19. The molecule has 1 fully saturated rings. The van der Waals surface area contributed by atoms with Crippen molar-refractivity contribution in [1.82, 2.24) is 10.3 Å². The molecule has 1 unspecified atom stereocenters. The van der Waals surface area contributed by atoms with Gasteiger partial charge in [-0.1, -0.05) is 0 Å². The smallest absolute Gasteiger partial charge is 0.423 e. The second kappa shape index (κ2) is 5.38. The van der Waals surface area contributed by atoms with Crippen LogP contribution in [-0.2, 0) is 16.1 Å². The Labute approximate surface area is 93.4 Å². The van der Waals surface area contributed by atoms with Crippen LogP contribution in [0.5, 0.6) is 0 Å². The third-order valence-electron chi connectivity index (χ3n) is 2.29. The van der Waals surface area contributed by atoms with E-state index in [1.165, 1.54) is 6.20 Å². The standard InChI is InChI=1S/C9H13BN2O4/c13-10(14)8-1-2-11-5-7(8)6-16-9-12-3-4-15-9/h1-2,5,9,12-14H,3-4,6H2. The maximum atomic E-state index is 9.12. The van der Waals surface area contributed by atoms with Gasteiger partial charge in [0, 0.05) is 18.9 Å². The van der Waals surface area contributed by atoms with Crippen LogP contribution in [0.2, 0.25) is 0 Å². The molecule has 0 amide bonds. The van der Waals surface area contributed by atoms with Crippen molar-refractivity contribution in [2.45, 2.75) is 13.0 Å². The Kier molecular flexibility index (Phi) is 3.86. The average molecular weight is 224 g/mol. The molecule has 1 saturated heterocycles. The number of rotatable bonds is 4. The molecule has 0 saturated carbocycles. The third kappa shape index (κ3) is 2.78. The van der Waals surface area contributed by atoms with Crippen LogP contribution >= 0.6 is 0 Å². The number of aromatic nitrogens is 1. The van der Waals surface area contributed by atoms with E-state index in [1.54, 1.807) is 12.3 Å². The summed E-state index contributed by atoms with van der Waals surface area (Å²) in [6.07, 6.45) is 2.62. The van der Waals surface area contributed by atoms with E-state index in [4.69, 9.17) is 19.5 Å². The second-order valence-corrected chi connectivity index (χ2v) is 3.42. The Hall–Kier alpha value is -0.985. The molecular formula is C9H13BN2O4. The molecule has 0 spiro atoms. The maximum absolute atomic E-state index is 9.12. The van der Waals surface area contributed by atoms with Gasteiger partial charge < -0.3 is 19.5 Å². The van der Waals surface area contributed by atoms with E-state index in [9.17, 15) is 0 Å². The Morgan fingerprint density at radius 2 is 2.50 bits per heavy atom. The molecule has 0 aromatic carbocycles. The van der Waals surface area contributed by atoms with Gasteiger partial charge in [0.25, 0.3) is 0 Å². The van der Waals surface area contributed by atoms with Crippen molar-refractivity contribution in [3.05, 3.63) is 24.0 Å². The predicted molar refractivity (Wildman–Crippen MR) is 56.6 cm³/mol. The number of hydrogen-bond donors (Lipinski definition) is 3. The number of hydrogen-bond acceptors (Lipinski definition) is 6. The zero-order chi connectivity index (χ0) is 11.4. The van der Waals surface area contributed by atoms with Crippen molar-refractivity contribution in [3.8, 4) is 0 Å². The molecule has 6 nitrogen and oxygen atoms in total. The zero-order valence-corrected chi connectivity index (χ0v) is 8.67. The van der Waals surface area contributed by atoms with E-state index in [0.29, 0.717) is 17.6 Å². The normalized spacial score (nSPS) is 20.0. The predicted octanol–water partition coefficient (Wildman–Crippen LogP) is -1.82. The minimum absolute atomic E-state index is 0.221. The van der Waals surface area contributed by atoms with Gasteiger partial charge in [-0.15, -0.1) is 0 Å². The summed E-state index contributed by atoms with van der Waals surface area (Å²) in [5.74, 6) is 0. The van der Waals surface area contributed by atoms with Crippen molar-refractivity contribution >= 4 is 12.6 Å². The van der Waals surface area contributed by atoms with Crippen LogP contribution in [0.1, 0.15) is 5.56 Å². The van der Waals surface area contributed by atoms with Crippen LogP contribution < -0.4 is 10.8 Å². The van der Waals surface area contributed by atoms with E-state index in [2.05, 4.69) is 10.3 Å². The molecule has 2 rings (SSSR count). The first kappa shape index (κ1) is 11.5. The Bertz CT molecular complexity index is 344. The minimum atomic E-state index is -1.51. The number of nitrogens with one attached hydrogen (secondary N) is 1. The lowest BCUT2D eigenvalue weighted by Crippen LogP contribution is -2.34. The van der Waals surface area contributed by atoms with E-state index >= 15 is 0 Å². The fourth-order valence-corrected chi connectivity index (χ4v) is 1.48. The fourth-order valence-electron chi connectivity index (χ4n) is 1.48. The van der Waals surface area contributed by atoms with Gasteiger partial charge in [0.1, 0.15) is 0 Å². The molecule has 86 valence electrons. The first-order valence-corrected chi connectivity index (χ1v) is 5.03. The van der Waals surface area contributed by atoms with Crippen LogP contribution in [0.25, 0.3) is 0 Å². The number of nitrogens with zero attached hydrogens (tertiary/aromatic N) is 1. The van der Waals surface area contributed by atoms with Gasteiger partial charge in [-0.3, -0.25) is 10.3 Å². The van der Waals surface area contributed by atoms with Crippen LogP contribution in [0.15, 0.2) is 18.5 Å². The van der Waals surface area contributed by atoms with E-state index in [1.807, 2.05) is 0 Å². The Morgan fingerprint density at radius 1 is 1.62 bits per heavy atom. The summed E-state index contributed by atoms with van der Waals surface area (Å²) in [5.41, 5.74) is 1.03. The number of ether oxygens (including phenoxy) is 2. The quantitative estimate of drug-likeness (QED) is 0.522. The third-order valence-corrected chi connectivity index (χ3v) is 2.29. The van der Waals surface area contributed by atoms with Crippen LogP contribution in [0, 0.1) is 0 Å². The largest absolute Gasteiger partial charge is 0.488 e. The summed E-state index contributed by atoms with van der Waals surface area (Å²) in [5, 5.41) is 21.2. The summed E-state index contributed by atoms with van der Waals surface area (Å²) in [7, 11) is -1.51. The number of pyridine rings is 1. The molecule has 1 aliphatic rings. The summed E-state index contributed by atoms with van der Waals surface area (Å²) in [6, 6.07) is 1.55. The van der Waals surface area contributed by atoms with Crippen molar-refractivity contribution in [3.63, 3.8) is 0 Å². The van der Waals surface area contributed by atoms with Crippen LogP contribution in [0.4, 0.5) is 0 Å². The highest BCUT2D eigenvalue weighted by Crippen LogP contribution is 2.03. The first-order valence-electron chi connectivity index (χ1n) is 5.03. The highest BCUT2D eigenvalue weighted by molar-refractivity contribution is 6.59. The van der Waals surface area contributed by atoms with Crippen LogP contribution in [-0.4, -0.2) is 41.7 Å². The van der Waals surface area contributed by atoms with E-state index in [0.717, 1.165) is 6.54 Å². The molecule has 1 aromatic heterocycles. The Morgan fingerprint density at radius 3 is 3.19 bits per heavy atom. The average Bonchev–Trinajstić information content (AvgIpc) is 2.79. The fraction of sp³-hybridized carbons (Fsp3) is 0.444. The monoisotopic (exact) mass is 224 g/mol. The molecule has 16 heavy (non-hydrogen) atoms. The maximum Gasteiger partial charge on any atom is 0.488 e. The van der Waals surface area contributed by atoms with E-state index in [-0.39, 0.29) is 6.61 Å².